The molecule has 0 unspecified atom stereocenters. The van der Waals surface area contributed by atoms with E-state index in [4.69, 9.17) is 0 Å². The van der Waals surface area contributed by atoms with Gasteiger partial charge in [-0.2, -0.15) is 0 Å². The molecule has 0 atom stereocenters. The van der Waals surface area contributed by atoms with E-state index in [1.165, 1.54) is 0 Å². The molecule has 0 spiro atoms. The van der Waals surface area contributed by atoms with E-state index in [9.17, 15) is 0 Å². The van der Waals surface area contributed by atoms with Gasteiger partial charge in [-0.05, 0) is 0 Å². The quantitative estimate of drug-likeness (QED) is 0.382. The van der Waals surface area contributed by atoms with Crippen LogP contribution >= 0.6 is 0 Å². The van der Waals surface area contributed by atoms with E-state index < -0.39 is 0 Å². The minimum absolute atomic E-state index is 0. The van der Waals surface area contributed by atoms with E-state index in [0.717, 1.165) is 0 Å². The summed E-state index contributed by atoms with van der Waals surface area (Å²) in [6.45, 7) is 0. The first-order valence-corrected chi connectivity index (χ1v) is 0. The van der Waals surface area contributed by atoms with Crippen LogP contribution < -0.4 is 51.4 Å². The fraction of sp³-hybridized carbons (Fsp3) is 0. The van der Waals surface area contributed by atoms with Crippen LogP contribution in [0, 0.1) is 0 Å². The summed E-state index contributed by atoms with van der Waals surface area (Å²) in [5, 5.41) is 0. The molecule has 0 aromatic carbocycles. The third-order valence-corrected chi connectivity index (χ3v) is 0. The summed E-state index contributed by atoms with van der Waals surface area (Å²) in [6.07, 6.45) is 0. The third-order valence-electron chi connectivity index (χ3n) is 0. The zero-order valence-electron chi connectivity index (χ0n) is 3.12. The van der Waals surface area contributed by atoms with Gasteiger partial charge in [0, 0.05) is 0 Å². The maximum absolute atomic E-state index is 0. The van der Waals surface area contributed by atoms with Crippen LogP contribution in [0.25, 0.3) is 0 Å². The zero-order valence-corrected chi connectivity index (χ0v) is 7.88. The van der Waals surface area contributed by atoms with Crippen molar-refractivity contribution >= 4 is 0 Å². The maximum Gasteiger partial charge on any atom is 3.00 e. The van der Waals surface area contributed by atoms with Crippen molar-refractivity contribution in [2.45, 2.75) is 0 Å². The van der Waals surface area contributed by atoms with E-state index in [2.05, 4.69) is 0 Å². The molecule has 6 heteroatoms. The van der Waals surface area contributed by atoms with E-state index >= 15 is 0 Å². The summed E-state index contributed by atoms with van der Waals surface area (Å²) in [5.41, 5.74) is 0. The van der Waals surface area contributed by atoms with Gasteiger partial charge in [0.25, 0.3) is 0 Å². The second-order valence-corrected chi connectivity index (χ2v) is 0. The first kappa shape index (κ1) is 92.6. The minimum Gasteiger partial charge on any atom is -0.870 e. The SMILES string of the molecule is [K+].[OH-].[OH-].[OH-].[OH-].[Rh+3]. The Morgan fingerprint density at radius 3 is 0.500 bits per heavy atom. The largest absolute Gasteiger partial charge is 3.00 e. The van der Waals surface area contributed by atoms with Crippen LogP contribution in [0.2, 0.25) is 0 Å². The van der Waals surface area contributed by atoms with Crippen molar-refractivity contribution in [2.75, 3.05) is 0 Å². The smallest absolute Gasteiger partial charge is 0.870 e. The van der Waals surface area contributed by atoms with Crippen molar-refractivity contribution in [3.8, 4) is 0 Å². The Morgan fingerprint density at radius 1 is 0.500 bits per heavy atom. The molecule has 0 saturated carbocycles. The third kappa shape index (κ3) is 36.0. The zero-order chi connectivity index (χ0) is 0. The van der Waals surface area contributed by atoms with Gasteiger partial charge in [0.05, 0.1) is 0 Å². The van der Waals surface area contributed by atoms with Gasteiger partial charge in [-0.1, -0.05) is 0 Å². The maximum atomic E-state index is 0. The van der Waals surface area contributed by atoms with Crippen LogP contribution in [-0.2, 0) is 19.5 Å². The molecule has 6 heavy (non-hydrogen) atoms. The van der Waals surface area contributed by atoms with Crippen LogP contribution in [0.4, 0.5) is 0 Å². The second kappa shape index (κ2) is 59.9. The van der Waals surface area contributed by atoms with E-state index in [0.29, 0.717) is 0 Å². The molecule has 0 rings (SSSR count). The average Bonchev–Trinajstić information content (AvgIpc) is 0. The van der Waals surface area contributed by atoms with Gasteiger partial charge >= 0.3 is 70.9 Å². The Morgan fingerprint density at radius 2 is 0.500 bits per heavy atom. The molecule has 0 aromatic heterocycles. The summed E-state index contributed by atoms with van der Waals surface area (Å²) in [7, 11) is 0. The average molecular weight is 210 g/mol. The predicted molar refractivity (Wildman–Crippen MR) is 7.74 cm³/mol. The predicted octanol–water partition coefficient (Wildman–Crippen LogP) is -3.71. The van der Waals surface area contributed by atoms with Gasteiger partial charge < -0.3 is 21.9 Å². The van der Waals surface area contributed by atoms with Crippen molar-refractivity contribution in [2.24, 2.45) is 0 Å². The standard InChI is InChI=1S/K.4H2O.Rh/h;4*1H2;/q+1;;;;;+3/p-4. The van der Waals surface area contributed by atoms with E-state index in [1.54, 1.807) is 0 Å². The Labute approximate surface area is 91.1 Å². The molecule has 4 N–H and O–H groups in total. The molecule has 0 bridgehead atoms. The Kier molecular flexibility index (Phi) is 925. The molecule has 0 saturated heterocycles. The first-order valence-electron chi connectivity index (χ1n) is 0. The van der Waals surface area contributed by atoms with E-state index in [1.807, 2.05) is 0 Å². The summed E-state index contributed by atoms with van der Waals surface area (Å²) in [4.78, 5) is 0. The van der Waals surface area contributed by atoms with Gasteiger partial charge in [0.1, 0.15) is 0 Å². The van der Waals surface area contributed by atoms with Crippen LogP contribution in [-0.4, -0.2) is 21.9 Å². The summed E-state index contributed by atoms with van der Waals surface area (Å²) >= 11 is 0. The molecule has 0 amide bonds. The molecule has 0 aromatic rings. The normalized spacial score (nSPS) is 0. The van der Waals surface area contributed by atoms with Crippen LogP contribution in [0.5, 0.6) is 0 Å². The van der Waals surface area contributed by atoms with Crippen LogP contribution in [0.1, 0.15) is 0 Å². The van der Waals surface area contributed by atoms with Gasteiger partial charge in [0.15, 0.2) is 0 Å². The number of hydrogen-bond acceptors (Lipinski definition) is 4. The molecule has 4 nitrogen and oxygen atoms in total. The molecule has 0 aliphatic heterocycles. The van der Waals surface area contributed by atoms with Crippen molar-refractivity contribution in [1.29, 1.82) is 0 Å². The van der Waals surface area contributed by atoms with E-state index in [-0.39, 0.29) is 92.8 Å². The molecule has 0 aliphatic rings. The van der Waals surface area contributed by atoms with Gasteiger partial charge in [-0.3, -0.25) is 0 Å². The van der Waals surface area contributed by atoms with Crippen molar-refractivity contribution in [1.82, 2.24) is 0 Å². The number of rotatable bonds is 0. The molecular formula is H4KO4Rh. The summed E-state index contributed by atoms with van der Waals surface area (Å²) < 4.78 is 0. The van der Waals surface area contributed by atoms with Crippen LogP contribution in [0.3, 0.4) is 0 Å². The van der Waals surface area contributed by atoms with Crippen molar-refractivity contribution < 1.29 is 92.8 Å². The Hall–Kier alpha value is 2.10. The summed E-state index contributed by atoms with van der Waals surface area (Å²) in [5.74, 6) is 0. The Balaban J connectivity index is 0. The molecule has 0 aliphatic carbocycles. The monoisotopic (exact) mass is 210 g/mol. The molecule has 0 fully saturated rings. The Bertz CT molecular complexity index is 7.51. The van der Waals surface area contributed by atoms with Gasteiger partial charge in [-0.25, -0.2) is 0 Å². The first-order chi connectivity index (χ1) is 0. The fourth-order valence-corrected chi connectivity index (χ4v) is 0. The summed E-state index contributed by atoms with van der Waals surface area (Å²) in [6, 6.07) is 0. The van der Waals surface area contributed by atoms with Gasteiger partial charge in [-0.15, -0.1) is 0 Å². The second-order valence-electron chi connectivity index (χ2n) is 0. The molecule has 0 radical (unpaired) electrons. The topological polar surface area (TPSA) is 120 Å². The van der Waals surface area contributed by atoms with Crippen LogP contribution in [0.15, 0.2) is 0 Å². The van der Waals surface area contributed by atoms with Crippen molar-refractivity contribution in [3.63, 3.8) is 0 Å². The van der Waals surface area contributed by atoms with Gasteiger partial charge in [0.2, 0.25) is 0 Å². The fourth-order valence-electron chi connectivity index (χ4n) is 0. The molecule has 38 valence electrons. The minimum atomic E-state index is 0. The molecule has 0 heterocycles. The van der Waals surface area contributed by atoms with Crippen molar-refractivity contribution in [3.05, 3.63) is 0 Å². The molecular weight excluding hydrogens is 206 g/mol. The number of hydrogen-bond donors (Lipinski definition) is 0.